The first-order valence-electron chi connectivity index (χ1n) is 13.6. The summed E-state index contributed by atoms with van der Waals surface area (Å²) in [6.45, 7) is 5.55. The maximum absolute atomic E-state index is 13.3. The van der Waals surface area contributed by atoms with Crippen LogP contribution in [0.4, 0.5) is 10.6 Å². The number of aromatic nitrogens is 1. The summed E-state index contributed by atoms with van der Waals surface area (Å²) >= 11 is 13.5. The minimum atomic E-state index is -0.933. The van der Waals surface area contributed by atoms with Gasteiger partial charge in [0.15, 0.2) is 0 Å². The summed E-state index contributed by atoms with van der Waals surface area (Å²) < 4.78 is 5.23. The number of alkyl carbamates (subject to hydrolysis) is 1. The summed E-state index contributed by atoms with van der Waals surface area (Å²) in [5, 5.41) is 13.0. The number of carbonyl (C=O) groups excluding carboxylic acids is 5. The van der Waals surface area contributed by atoms with Gasteiger partial charge >= 0.3 is 17.9 Å². The molecular weight excluding hydrogens is 619 g/mol. The van der Waals surface area contributed by atoms with Gasteiger partial charge in [-0.25, -0.2) is 9.78 Å². The molecule has 234 valence electrons. The first-order chi connectivity index (χ1) is 20.1. The van der Waals surface area contributed by atoms with Crippen LogP contribution in [0, 0.1) is 5.92 Å². The topological polar surface area (TPSA) is 159 Å². The van der Waals surface area contributed by atoms with Gasteiger partial charge in [-0.1, -0.05) is 23.2 Å². The van der Waals surface area contributed by atoms with Gasteiger partial charge in [-0.05, 0) is 69.5 Å². The van der Waals surface area contributed by atoms with Crippen LogP contribution in [0.2, 0.25) is 10.0 Å². The van der Waals surface area contributed by atoms with Crippen LogP contribution in [-0.2, 0) is 25.5 Å². The molecule has 1 aliphatic carbocycles. The van der Waals surface area contributed by atoms with E-state index in [1.54, 1.807) is 40.2 Å². The number of anilines is 1. The number of amides is 5. The second-order valence-electron chi connectivity index (χ2n) is 11.3. The van der Waals surface area contributed by atoms with Crippen LogP contribution in [0.3, 0.4) is 0 Å². The van der Waals surface area contributed by atoms with Crippen molar-refractivity contribution in [3.05, 3.63) is 44.2 Å². The summed E-state index contributed by atoms with van der Waals surface area (Å²) in [6, 6.07) is 1.70. The minimum Gasteiger partial charge on any atom is -0.444 e. The van der Waals surface area contributed by atoms with Crippen LogP contribution in [0.15, 0.2) is 23.7 Å². The van der Waals surface area contributed by atoms with Crippen molar-refractivity contribution in [1.82, 2.24) is 25.8 Å². The molecule has 3 rings (SSSR count). The van der Waals surface area contributed by atoms with E-state index in [-0.39, 0.29) is 40.5 Å². The second-order valence-corrected chi connectivity index (χ2v) is 13.0. The number of thiophene rings is 1. The van der Waals surface area contributed by atoms with E-state index in [1.165, 1.54) is 23.2 Å². The van der Waals surface area contributed by atoms with Crippen LogP contribution >= 0.6 is 34.5 Å². The molecule has 0 saturated heterocycles. The van der Waals surface area contributed by atoms with Gasteiger partial charge in [0.2, 0.25) is 5.91 Å². The van der Waals surface area contributed by atoms with Gasteiger partial charge in [0, 0.05) is 38.8 Å². The van der Waals surface area contributed by atoms with E-state index in [0.717, 1.165) is 11.3 Å². The molecule has 0 aromatic carbocycles. The Balaban J connectivity index is 1.67. The number of ether oxygens (including phenoxy) is 1. The first kappa shape index (κ1) is 34.1. The Morgan fingerprint density at radius 2 is 1.77 bits per heavy atom. The molecule has 0 aliphatic heterocycles. The van der Waals surface area contributed by atoms with Gasteiger partial charge < -0.3 is 30.9 Å². The van der Waals surface area contributed by atoms with Gasteiger partial charge in [0.05, 0.1) is 16.1 Å². The third-order valence-corrected chi connectivity index (χ3v) is 8.31. The van der Waals surface area contributed by atoms with E-state index in [0.29, 0.717) is 29.8 Å². The molecule has 1 fully saturated rings. The van der Waals surface area contributed by atoms with Crippen molar-refractivity contribution in [2.75, 3.05) is 26.0 Å². The highest BCUT2D eigenvalue weighted by Gasteiger charge is 2.37. The summed E-state index contributed by atoms with van der Waals surface area (Å²) in [5.74, 6) is -2.64. The highest BCUT2D eigenvalue weighted by atomic mass is 35.5. The molecule has 1 aliphatic rings. The molecule has 5 amide bonds. The summed E-state index contributed by atoms with van der Waals surface area (Å²) in [7, 11) is 3.31. The molecule has 0 radical (unpaired) electrons. The normalized spacial score (nSPS) is 18.3. The lowest BCUT2D eigenvalue weighted by Gasteiger charge is -2.37. The fraction of sp³-hybridized carbons (Fsp3) is 0.500. The standard InChI is InChI=1S/C28H36Cl2N6O6S/c1-28(2,3)42-27(41)31-11-10-16-14-43-22(21(16)30)23(37)34-19-12-15(26(40)36(4)5)6-8-18(19)33-24(38)25(39)35-20-9-7-17(29)13-32-20/h7,9,13-15,18-19H,6,8,10-12H2,1-5H3,(H,31,41)(H,33,38)(H,34,37)(H,32,35,39)/t15-,18-,19+/m0/s1. The molecule has 15 heteroatoms. The SMILES string of the molecule is CN(C)C(=O)[C@H]1CC[C@H](NC(=O)C(=O)Nc2ccc(Cl)cn2)[C@H](NC(=O)c2scc(CCNC(=O)OC(C)(C)C)c2Cl)C1. The zero-order valence-electron chi connectivity index (χ0n) is 24.6. The van der Waals surface area contributed by atoms with Crippen LogP contribution in [0.5, 0.6) is 0 Å². The second kappa shape index (κ2) is 14.8. The Bertz CT molecular complexity index is 1340. The average molecular weight is 656 g/mol. The lowest BCUT2D eigenvalue weighted by Crippen LogP contribution is -2.57. The highest BCUT2D eigenvalue weighted by Crippen LogP contribution is 2.30. The van der Waals surface area contributed by atoms with Crippen molar-refractivity contribution >= 4 is 70.1 Å². The molecule has 0 bridgehead atoms. The van der Waals surface area contributed by atoms with Crippen LogP contribution < -0.4 is 21.3 Å². The molecule has 0 spiro atoms. The van der Waals surface area contributed by atoms with Gasteiger partial charge in [0.1, 0.15) is 16.3 Å². The Labute approximate surface area is 264 Å². The number of halogens is 2. The third-order valence-electron chi connectivity index (χ3n) is 6.52. The van der Waals surface area contributed by atoms with Crippen LogP contribution in [-0.4, -0.2) is 77.9 Å². The van der Waals surface area contributed by atoms with Gasteiger partial charge in [0.25, 0.3) is 5.91 Å². The predicted octanol–water partition coefficient (Wildman–Crippen LogP) is 3.63. The molecule has 1 saturated carbocycles. The monoisotopic (exact) mass is 654 g/mol. The van der Waals surface area contributed by atoms with E-state index >= 15 is 0 Å². The predicted molar refractivity (Wildman–Crippen MR) is 164 cm³/mol. The molecule has 2 heterocycles. The smallest absolute Gasteiger partial charge is 0.407 e. The first-order valence-corrected chi connectivity index (χ1v) is 15.3. The average Bonchev–Trinajstić information content (AvgIpc) is 3.29. The fourth-order valence-electron chi connectivity index (χ4n) is 4.50. The minimum absolute atomic E-state index is 0.0930. The molecule has 2 aromatic heterocycles. The Kier molecular flexibility index (Phi) is 11.8. The van der Waals surface area contributed by atoms with Crippen molar-refractivity contribution in [2.45, 2.75) is 64.1 Å². The number of carbonyl (C=O) groups is 5. The Hall–Kier alpha value is -3.42. The number of pyridine rings is 1. The third kappa shape index (κ3) is 10.1. The van der Waals surface area contributed by atoms with Gasteiger partial charge in [-0.15, -0.1) is 11.3 Å². The molecule has 12 nitrogen and oxygen atoms in total. The largest absolute Gasteiger partial charge is 0.444 e. The van der Waals surface area contributed by atoms with E-state index < -0.39 is 41.5 Å². The zero-order chi connectivity index (χ0) is 31.9. The number of rotatable bonds is 8. The molecule has 43 heavy (non-hydrogen) atoms. The van der Waals surface area contributed by atoms with Crippen LogP contribution in [0.1, 0.15) is 55.3 Å². The molecular formula is C28H36Cl2N6O6S. The van der Waals surface area contributed by atoms with Crippen LogP contribution in [0.25, 0.3) is 0 Å². The van der Waals surface area contributed by atoms with Crippen molar-refractivity contribution < 1.29 is 28.7 Å². The number of nitrogens with zero attached hydrogens (tertiary/aromatic N) is 2. The maximum atomic E-state index is 13.3. The number of hydrogen-bond acceptors (Lipinski definition) is 8. The summed E-state index contributed by atoms with van der Waals surface area (Å²) in [6.07, 6.45) is 2.23. The molecule has 2 aromatic rings. The van der Waals surface area contributed by atoms with E-state index in [9.17, 15) is 24.0 Å². The fourth-order valence-corrected chi connectivity index (χ4v) is 5.94. The van der Waals surface area contributed by atoms with Gasteiger partial charge in [-0.2, -0.15) is 0 Å². The van der Waals surface area contributed by atoms with E-state index in [4.69, 9.17) is 27.9 Å². The maximum Gasteiger partial charge on any atom is 0.407 e. The lowest BCUT2D eigenvalue weighted by atomic mass is 9.81. The zero-order valence-corrected chi connectivity index (χ0v) is 26.9. The molecule has 0 unspecified atom stereocenters. The Morgan fingerprint density at radius 1 is 1.05 bits per heavy atom. The molecule has 4 N–H and O–H groups in total. The van der Waals surface area contributed by atoms with Gasteiger partial charge in [-0.3, -0.25) is 19.2 Å². The Morgan fingerprint density at radius 3 is 2.40 bits per heavy atom. The van der Waals surface area contributed by atoms with Crippen molar-refractivity contribution in [3.63, 3.8) is 0 Å². The quantitative estimate of drug-likeness (QED) is 0.316. The summed E-state index contributed by atoms with van der Waals surface area (Å²) in [5.41, 5.74) is 0.0502. The summed E-state index contributed by atoms with van der Waals surface area (Å²) in [4.78, 5) is 69.0. The van der Waals surface area contributed by atoms with Crippen molar-refractivity contribution in [2.24, 2.45) is 5.92 Å². The number of nitrogens with one attached hydrogen (secondary N) is 4. The van der Waals surface area contributed by atoms with E-state index in [2.05, 4.69) is 26.3 Å². The van der Waals surface area contributed by atoms with Crippen molar-refractivity contribution in [1.29, 1.82) is 0 Å². The number of hydrogen-bond donors (Lipinski definition) is 4. The van der Waals surface area contributed by atoms with Crippen molar-refractivity contribution in [3.8, 4) is 0 Å². The molecule has 3 atom stereocenters. The lowest BCUT2D eigenvalue weighted by molar-refractivity contribution is -0.137. The highest BCUT2D eigenvalue weighted by molar-refractivity contribution is 7.13. The van der Waals surface area contributed by atoms with E-state index in [1.807, 2.05) is 0 Å².